The highest BCUT2D eigenvalue weighted by Crippen LogP contribution is 2.15. The molecule has 4 heteroatoms. The number of pyridine rings is 1. The highest BCUT2D eigenvalue weighted by Gasteiger charge is 2.08. The fraction of sp³-hybridized carbons (Fsp3) is 0.0909. The van der Waals surface area contributed by atoms with Gasteiger partial charge in [-0.3, -0.25) is 9.59 Å². The number of H-pyrrole nitrogens is 1. The van der Waals surface area contributed by atoms with Crippen LogP contribution in [0.5, 0.6) is 0 Å². The van der Waals surface area contributed by atoms with Gasteiger partial charge in [0.15, 0.2) is 11.2 Å². The van der Waals surface area contributed by atoms with E-state index in [1.54, 1.807) is 18.2 Å². The predicted octanol–water partition coefficient (Wildman–Crippen LogP) is 2.49. The summed E-state index contributed by atoms with van der Waals surface area (Å²) in [6.07, 6.45) is 1.46. The summed E-state index contributed by atoms with van der Waals surface area (Å²) in [5.41, 5.74) is 0.702. The molecular formula is C11H8BrNO2. The molecule has 1 aromatic heterocycles. The monoisotopic (exact) mass is 265 g/mol. The van der Waals surface area contributed by atoms with Crippen molar-refractivity contribution >= 4 is 32.6 Å². The molecule has 0 aliphatic heterocycles. The lowest BCUT2D eigenvalue weighted by Crippen LogP contribution is -2.13. The Morgan fingerprint density at radius 2 is 2.13 bits per heavy atom. The van der Waals surface area contributed by atoms with E-state index in [0.717, 1.165) is 9.99 Å². The van der Waals surface area contributed by atoms with E-state index in [-0.39, 0.29) is 16.8 Å². The summed E-state index contributed by atoms with van der Waals surface area (Å²) in [5, 5.41) is 0.533. The van der Waals surface area contributed by atoms with Gasteiger partial charge in [0, 0.05) is 16.1 Å². The highest BCUT2D eigenvalue weighted by molar-refractivity contribution is 9.10. The van der Waals surface area contributed by atoms with Gasteiger partial charge in [-0.25, -0.2) is 0 Å². The Morgan fingerprint density at radius 1 is 1.40 bits per heavy atom. The number of aromatic amines is 1. The number of carbonyl (C=O) groups is 1. The molecule has 2 rings (SSSR count). The molecule has 0 fully saturated rings. The molecule has 0 aliphatic carbocycles. The Balaban J connectivity index is 2.86. The standard InChI is InChI=1S/C11H8BrNO2/c1-6(14)9-5-13-10-4-7(12)2-3-8(10)11(9)15/h2-5H,1H3,(H,13,15). The third kappa shape index (κ3) is 1.72. The van der Waals surface area contributed by atoms with Crippen molar-refractivity contribution in [1.29, 1.82) is 0 Å². The van der Waals surface area contributed by atoms with E-state index >= 15 is 0 Å². The summed E-state index contributed by atoms with van der Waals surface area (Å²) in [6.45, 7) is 1.38. The minimum atomic E-state index is -0.221. The van der Waals surface area contributed by atoms with Gasteiger partial charge in [-0.05, 0) is 25.1 Å². The number of carbonyl (C=O) groups excluding carboxylic acids is 1. The summed E-state index contributed by atoms with van der Waals surface area (Å²) in [7, 11) is 0. The number of rotatable bonds is 1. The first-order valence-electron chi connectivity index (χ1n) is 4.41. The molecule has 0 spiro atoms. The van der Waals surface area contributed by atoms with Crippen LogP contribution in [0.2, 0.25) is 0 Å². The molecule has 1 aromatic carbocycles. The Kier molecular flexibility index (Phi) is 2.44. The molecule has 0 saturated carbocycles. The predicted molar refractivity (Wildman–Crippen MR) is 62.3 cm³/mol. The first-order valence-corrected chi connectivity index (χ1v) is 5.21. The van der Waals surface area contributed by atoms with Crippen LogP contribution < -0.4 is 5.43 Å². The average Bonchev–Trinajstić information content (AvgIpc) is 2.17. The minimum Gasteiger partial charge on any atom is -0.360 e. The fourth-order valence-corrected chi connectivity index (χ4v) is 1.82. The van der Waals surface area contributed by atoms with Gasteiger partial charge in [0.05, 0.1) is 11.1 Å². The molecule has 1 heterocycles. The lowest BCUT2D eigenvalue weighted by molar-refractivity contribution is 0.101. The molecule has 0 aliphatic rings. The van der Waals surface area contributed by atoms with Crippen LogP contribution >= 0.6 is 15.9 Å². The average molecular weight is 266 g/mol. The molecule has 3 nitrogen and oxygen atoms in total. The van der Waals surface area contributed by atoms with E-state index in [9.17, 15) is 9.59 Å². The molecule has 0 radical (unpaired) electrons. The van der Waals surface area contributed by atoms with Crippen LogP contribution in [0.25, 0.3) is 10.9 Å². The number of fused-ring (bicyclic) bond motifs is 1. The summed E-state index contributed by atoms with van der Waals surface area (Å²) < 4.78 is 0.890. The first-order chi connectivity index (χ1) is 7.09. The third-order valence-corrected chi connectivity index (χ3v) is 2.72. The van der Waals surface area contributed by atoms with E-state index in [2.05, 4.69) is 20.9 Å². The van der Waals surface area contributed by atoms with E-state index in [0.29, 0.717) is 5.39 Å². The first kappa shape index (κ1) is 10.1. The fourth-order valence-electron chi connectivity index (χ4n) is 1.46. The van der Waals surface area contributed by atoms with Crippen LogP contribution in [-0.2, 0) is 0 Å². The summed E-state index contributed by atoms with van der Waals surface area (Å²) in [6, 6.07) is 5.28. The lowest BCUT2D eigenvalue weighted by Gasteiger charge is -2.00. The van der Waals surface area contributed by atoms with Crippen LogP contribution in [0.1, 0.15) is 17.3 Å². The summed E-state index contributed by atoms with van der Waals surface area (Å²) in [4.78, 5) is 25.9. The minimum absolute atomic E-state index is 0.199. The van der Waals surface area contributed by atoms with Gasteiger partial charge >= 0.3 is 0 Å². The molecule has 76 valence electrons. The second-order valence-corrected chi connectivity index (χ2v) is 4.19. The molecule has 0 saturated heterocycles. The molecule has 0 amide bonds. The molecule has 0 unspecified atom stereocenters. The van der Waals surface area contributed by atoms with Crippen molar-refractivity contribution in [2.75, 3.05) is 0 Å². The van der Waals surface area contributed by atoms with Crippen molar-refractivity contribution in [2.45, 2.75) is 6.92 Å². The number of aromatic nitrogens is 1. The van der Waals surface area contributed by atoms with Crippen LogP contribution in [0.4, 0.5) is 0 Å². The topological polar surface area (TPSA) is 49.9 Å². The van der Waals surface area contributed by atoms with Crippen LogP contribution in [0.15, 0.2) is 33.7 Å². The van der Waals surface area contributed by atoms with E-state index < -0.39 is 0 Å². The Morgan fingerprint density at radius 3 is 2.80 bits per heavy atom. The Hall–Kier alpha value is -1.42. The zero-order chi connectivity index (χ0) is 11.0. The second-order valence-electron chi connectivity index (χ2n) is 3.28. The van der Waals surface area contributed by atoms with E-state index in [1.807, 2.05) is 0 Å². The summed E-state index contributed by atoms with van der Waals surface area (Å²) in [5.74, 6) is -0.221. The molecule has 2 aromatic rings. The maximum Gasteiger partial charge on any atom is 0.200 e. The molecule has 1 N–H and O–H groups in total. The van der Waals surface area contributed by atoms with Crippen molar-refractivity contribution in [3.05, 3.63) is 44.7 Å². The number of hydrogen-bond acceptors (Lipinski definition) is 2. The van der Waals surface area contributed by atoms with E-state index in [4.69, 9.17) is 0 Å². The van der Waals surface area contributed by atoms with Gasteiger partial charge in [-0.2, -0.15) is 0 Å². The zero-order valence-electron chi connectivity index (χ0n) is 8.00. The largest absolute Gasteiger partial charge is 0.360 e. The Bertz CT molecular complexity index is 601. The Labute approximate surface area is 94.3 Å². The van der Waals surface area contributed by atoms with Gasteiger partial charge in [-0.1, -0.05) is 15.9 Å². The van der Waals surface area contributed by atoms with Crippen molar-refractivity contribution in [1.82, 2.24) is 4.98 Å². The summed E-state index contributed by atoms with van der Waals surface area (Å²) >= 11 is 3.32. The number of benzene rings is 1. The highest BCUT2D eigenvalue weighted by atomic mass is 79.9. The number of nitrogens with one attached hydrogen (secondary N) is 1. The van der Waals surface area contributed by atoms with Crippen molar-refractivity contribution in [3.63, 3.8) is 0 Å². The zero-order valence-corrected chi connectivity index (χ0v) is 9.59. The number of hydrogen-bond donors (Lipinski definition) is 1. The van der Waals surface area contributed by atoms with Crippen molar-refractivity contribution in [2.24, 2.45) is 0 Å². The maximum absolute atomic E-state index is 11.8. The molecule has 15 heavy (non-hydrogen) atoms. The number of halogens is 1. The van der Waals surface area contributed by atoms with Gasteiger partial charge in [0.25, 0.3) is 0 Å². The van der Waals surface area contributed by atoms with Crippen LogP contribution in [0, 0.1) is 0 Å². The second kappa shape index (κ2) is 3.62. The molecule has 0 atom stereocenters. The SMILES string of the molecule is CC(=O)c1c[nH]c2cc(Br)ccc2c1=O. The van der Waals surface area contributed by atoms with Crippen LogP contribution in [0.3, 0.4) is 0 Å². The van der Waals surface area contributed by atoms with Crippen molar-refractivity contribution < 1.29 is 4.79 Å². The number of Topliss-reactive ketones (excluding diaryl/α,β-unsaturated/α-hetero) is 1. The molecule has 0 bridgehead atoms. The maximum atomic E-state index is 11.8. The van der Waals surface area contributed by atoms with Crippen molar-refractivity contribution in [3.8, 4) is 0 Å². The van der Waals surface area contributed by atoms with Gasteiger partial charge in [0.1, 0.15) is 0 Å². The number of ketones is 1. The van der Waals surface area contributed by atoms with E-state index in [1.165, 1.54) is 13.1 Å². The third-order valence-electron chi connectivity index (χ3n) is 2.22. The quantitative estimate of drug-likeness (QED) is 0.806. The van der Waals surface area contributed by atoms with Crippen LogP contribution in [-0.4, -0.2) is 10.8 Å². The van der Waals surface area contributed by atoms with Gasteiger partial charge in [-0.15, -0.1) is 0 Å². The molecular weight excluding hydrogens is 258 g/mol. The van der Waals surface area contributed by atoms with Gasteiger partial charge in [0.2, 0.25) is 0 Å². The van der Waals surface area contributed by atoms with Gasteiger partial charge < -0.3 is 4.98 Å². The normalized spacial score (nSPS) is 10.5. The smallest absolute Gasteiger partial charge is 0.200 e. The lowest BCUT2D eigenvalue weighted by atomic mass is 10.1.